The van der Waals surface area contributed by atoms with Crippen molar-refractivity contribution in [3.05, 3.63) is 65.3 Å². The van der Waals surface area contributed by atoms with Crippen LogP contribution in [0, 0.1) is 28.1 Å². The fourth-order valence-corrected chi connectivity index (χ4v) is 9.92. The van der Waals surface area contributed by atoms with Crippen LogP contribution in [0.15, 0.2) is 49.1 Å². The molecule has 3 aliphatic heterocycles. The molecule has 1 aliphatic carbocycles. The maximum Gasteiger partial charge on any atom is 0.328 e. The van der Waals surface area contributed by atoms with Crippen LogP contribution in [-0.2, 0) is 4.79 Å². The Hall–Kier alpha value is -5.33. The zero-order valence-electron chi connectivity index (χ0n) is 32.7. The Kier molecular flexibility index (Phi) is 10.3. The van der Waals surface area contributed by atoms with Crippen LogP contribution in [0.5, 0.6) is 5.75 Å². The number of nitriles is 1. The molecule has 0 radical (unpaired) electrons. The average molecular weight is 794 g/mol. The number of ether oxygens (including phenoxy) is 1. The number of fused-ring (bicyclic) bond motifs is 1. The number of imide groups is 1. The van der Waals surface area contributed by atoms with Crippen LogP contribution >= 0.6 is 11.6 Å². The summed E-state index contributed by atoms with van der Waals surface area (Å²) in [7, 11) is 0. The molecule has 4 aliphatic rings. The zero-order valence-corrected chi connectivity index (χ0v) is 33.5. The van der Waals surface area contributed by atoms with Crippen molar-refractivity contribution in [1.82, 2.24) is 40.3 Å². The van der Waals surface area contributed by atoms with Gasteiger partial charge in [0.05, 0.1) is 40.2 Å². The number of pyridine rings is 1. The van der Waals surface area contributed by atoms with Gasteiger partial charge in [0.15, 0.2) is 5.69 Å². The third kappa shape index (κ3) is 7.36. The lowest BCUT2D eigenvalue weighted by Crippen LogP contribution is -2.74. The summed E-state index contributed by atoms with van der Waals surface area (Å²) in [6.07, 6.45) is 10.7. The molecule has 0 bridgehead atoms. The molecule has 15 nitrogen and oxygen atoms in total. The minimum Gasteiger partial charge on any atom is -0.487 e. The van der Waals surface area contributed by atoms with Crippen LogP contribution in [0.25, 0.3) is 10.9 Å². The van der Waals surface area contributed by atoms with E-state index in [0.29, 0.717) is 29.7 Å². The minimum absolute atomic E-state index is 0.147. The summed E-state index contributed by atoms with van der Waals surface area (Å²) in [4.78, 5) is 57.4. The first-order chi connectivity index (χ1) is 27.3. The number of piperidine rings is 2. The van der Waals surface area contributed by atoms with E-state index in [4.69, 9.17) is 26.7 Å². The lowest BCUT2D eigenvalue weighted by atomic mass is 9.49. The molecule has 16 heteroatoms. The number of hydrogen-bond donors (Lipinski definition) is 2. The van der Waals surface area contributed by atoms with Crippen LogP contribution < -0.4 is 25.2 Å². The van der Waals surface area contributed by atoms with Gasteiger partial charge in [-0.05, 0) is 43.7 Å². The fourth-order valence-electron chi connectivity index (χ4n) is 9.72. The molecule has 0 unspecified atom stereocenters. The Labute approximate surface area is 336 Å². The molecule has 2 N–H and O–H groups in total. The first-order valence-electron chi connectivity index (χ1n) is 19.7. The molecular formula is C41H48ClN11O4. The summed E-state index contributed by atoms with van der Waals surface area (Å²) in [5, 5.41) is 20.7. The van der Waals surface area contributed by atoms with Gasteiger partial charge in [-0.15, -0.1) is 0 Å². The van der Waals surface area contributed by atoms with Crippen molar-refractivity contribution in [3.8, 4) is 11.8 Å². The van der Waals surface area contributed by atoms with Crippen molar-refractivity contribution in [2.45, 2.75) is 78.0 Å². The summed E-state index contributed by atoms with van der Waals surface area (Å²) in [6, 6.07) is 9.21. The lowest BCUT2D eigenvalue weighted by molar-refractivity contribution is -0.164. The van der Waals surface area contributed by atoms with Gasteiger partial charge in [0, 0.05) is 86.4 Å². The summed E-state index contributed by atoms with van der Waals surface area (Å²) in [5.74, 6) is 1.24. The number of amides is 4. The van der Waals surface area contributed by atoms with Gasteiger partial charge in [0.2, 0.25) is 11.9 Å². The number of carbonyl (C=O) groups is 3. The number of anilines is 2. The zero-order chi connectivity index (χ0) is 40.1. The Morgan fingerprint density at radius 2 is 1.70 bits per heavy atom. The largest absolute Gasteiger partial charge is 0.487 e. The monoisotopic (exact) mass is 793 g/mol. The number of aromatic nitrogens is 5. The van der Waals surface area contributed by atoms with Crippen molar-refractivity contribution < 1.29 is 19.1 Å². The molecule has 8 rings (SSSR count). The molecule has 0 atom stereocenters. The number of hydrogen-bond acceptors (Lipinski definition) is 11. The number of nitrogens with zero attached hydrogens (tertiary/aromatic N) is 9. The van der Waals surface area contributed by atoms with Crippen LogP contribution in [0.3, 0.4) is 0 Å². The topological polar surface area (TPSA) is 174 Å². The molecule has 4 fully saturated rings. The fraction of sp³-hybridized carbons (Fsp3) is 0.512. The van der Waals surface area contributed by atoms with Gasteiger partial charge in [-0.1, -0.05) is 45.4 Å². The molecule has 4 aromatic rings. The van der Waals surface area contributed by atoms with Gasteiger partial charge >= 0.3 is 6.03 Å². The molecule has 3 aromatic heterocycles. The highest BCUT2D eigenvalue weighted by Gasteiger charge is 2.64. The molecule has 3 saturated heterocycles. The summed E-state index contributed by atoms with van der Waals surface area (Å²) < 4.78 is 8.42. The molecular weight excluding hydrogens is 746 g/mol. The number of halogens is 1. The van der Waals surface area contributed by atoms with E-state index in [-0.39, 0.29) is 53.2 Å². The maximum absolute atomic E-state index is 13.4. The summed E-state index contributed by atoms with van der Waals surface area (Å²) in [5.41, 5.74) is 1.54. The Morgan fingerprint density at radius 1 is 0.982 bits per heavy atom. The van der Waals surface area contributed by atoms with Crippen molar-refractivity contribution >= 4 is 52.0 Å². The van der Waals surface area contributed by atoms with E-state index >= 15 is 0 Å². The smallest absolute Gasteiger partial charge is 0.328 e. The Morgan fingerprint density at radius 3 is 2.37 bits per heavy atom. The van der Waals surface area contributed by atoms with Gasteiger partial charge in [0.1, 0.15) is 17.9 Å². The molecule has 1 saturated carbocycles. The normalized spacial score (nSPS) is 22.8. The average Bonchev–Trinajstić information content (AvgIpc) is 3.64. The SMILES string of the molecule is CC1(C)[C@H](NC(=O)c2cnc(N3CCC(CN4CCC(n5ncc6c(N7CCC(=O)NC7=O)cccc65)CC4)CC3)nc2)C(C)(C)[C@H]1Oc1cnc(C#N)c(Cl)c1. The van der Waals surface area contributed by atoms with E-state index in [1.165, 1.54) is 6.20 Å². The first kappa shape index (κ1) is 38.5. The van der Waals surface area contributed by atoms with Gasteiger partial charge in [0.25, 0.3) is 5.91 Å². The summed E-state index contributed by atoms with van der Waals surface area (Å²) in [6.45, 7) is 13.4. The third-order valence-electron chi connectivity index (χ3n) is 12.5. The highest BCUT2D eigenvalue weighted by atomic mass is 35.5. The number of rotatable bonds is 9. The first-order valence-corrected chi connectivity index (χ1v) is 20.1. The van der Waals surface area contributed by atoms with E-state index in [0.717, 1.165) is 75.0 Å². The van der Waals surface area contributed by atoms with Gasteiger partial charge in [-0.2, -0.15) is 10.4 Å². The number of carbonyl (C=O) groups excluding carboxylic acids is 3. The number of urea groups is 1. The minimum atomic E-state index is -0.404. The van der Waals surface area contributed by atoms with Crippen molar-refractivity contribution in [2.75, 3.05) is 49.1 Å². The lowest BCUT2D eigenvalue weighted by Gasteiger charge is -2.63. The Balaban J connectivity index is 0.800. The molecule has 57 heavy (non-hydrogen) atoms. The highest BCUT2D eigenvalue weighted by molar-refractivity contribution is 6.31. The van der Waals surface area contributed by atoms with Gasteiger partial charge < -0.3 is 19.9 Å². The van der Waals surface area contributed by atoms with Crippen LogP contribution in [0.1, 0.15) is 81.9 Å². The standard InChI is InChI=1S/C41H48ClN11O4/c1-40(2)36(41(3,4)37(40)57-28-18-30(42)31(19-43)44-22-28)49-35(55)26-20-45-38(46-21-26)51-15-8-25(9-16-51)24-50-13-10-27(11-14-50)53-33-7-5-6-32(29(33)23-47-53)52-17-12-34(54)48-39(52)56/h5-7,18,20-23,25,27,36-37H,8-17,24H2,1-4H3,(H,49,55)(H,48,54,56)/t36-,37-. The van der Waals surface area contributed by atoms with Crippen molar-refractivity contribution in [1.29, 1.82) is 5.26 Å². The van der Waals surface area contributed by atoms with Crippen LogP contribution in [0.4, 0.5) is 16.4 Å². The van der Waals surface area contributed by atoms with Crippen LogP contribution in [-0.4, -0.2) is 98.9 Å². The van der Waals surface area contributed by atoms with Gasteiger partial charge in [-0.25, -0.2) is 19.7 Å². The molecule has 6 heterocycles. The second kappa shape index (κ2) is 15.2. The predicted molar refractivity (Wildman–Crippen MR) is 214 cm³/mol. The molecule has 0 spiro atoms. The second-order valence-corrected chi connectivity index (χ2v) is 17.4. The molecule has 298 valence electrons. The van der Waals surface area contributed by atoms with E-state index < -0.39 is 10.8 Å². The third-order valence-corrected chi connectivity index (χ3v) is 12.8. The summed E-state index contributed by atoms with van der Waals surface area (Å²) >= 11 is 6.18. The number of benzene rings is 1. The van der Waals surface area contributed by atoms with Crippen molar-refractivity contribution in [3.63, 3.8) is 0 Å². The number of nitrogens with one attached hydrogen (secondary N) is 2. The van der Waals surface area contributed by atoms with E-state index in [1.807, 2.05) is 24.4 Å². The van der Waals surface area contributed by atoms with Crippen molar-refractivity contribution in [2.24, 2.45) is 16.7 Å². The quantitative estimate of drug-likeness (QED) is 0.223. The molecule has 4 amide bonds. The second-order valence-electron chi connectivity index (χ2n) is 16.9. The number of likely N-dealkylation sites (tertiary alicyclic amines) is 1. The maximum atomic E-state index is 13.4. The van der Waals surface area contributed by atoms with E-state index in [2.05, 4.69) is 73.8 Å². The predicted octanol–water partition coefficient (Wildman–Crippen LogP) is 5.36. The van der Waals surface area contributed by atoms with E-state index in [9.17, 15) is 14.4 Å². The molecule has 1 aromatic carbocycles. The Bertz CT molecular complexity index is 2200. The highest BCUT2D eigenvalue weighted by Crippen LogP contribution is 2.55. The van der Waals surface area contributed by atoms with Gasteiger partial charge in [-0.3, -0.25) is 24.5 Å². The van der Waals surface area contributed by atoms with E-state index in [1.54, 1.807) is 23.4 Å². The van der Waals surface area contributed by atoms with Crippen LogP contribution in [0.2, 0.25) is 5.02 Å².